The summed E-state index contributed by atoms with van der Waals surface area (Å²) in [6.45, 7) is 14.6. The predicted molar refractivity (Wildman–Crippen MR) is 105 cm³/mol. The van der Waals surface area contributed by atoms with E-state index in [0.717, 1.165) is 17.9 Å². The van der Waals surface area contributed by atoms with Gasteiger partial charge < -0.3 is 14.7 Å². The number of morpholine rings is 1. The van der Waals surface area contributed by atoms with Crippen LogP contribution in [-0.4, -0.2) is 58.4 Å². The number of fused-ring (bicyclic) bond motifs is 1. The molecule has 2 aliphatic rings. The molecule has 1 saturated heterocycles. The summed E-state index contributed by atoms with van der Waals surface area (Å²) in [7, 11) is 0. The zero-order chi connectivity index (χ0) is 20.1. The lowest BCUT2D eigenvalue weighted by Gasteiger charge is -2.49. The number of aromatic nitrogens is 2. The molecule has 0 spiro atoms. The van der Waals surface area contributed by atoms with Gasteiger partial charge in [-0.2, -0.15) is 0 Å². The molecular formula is C19H29ClN4O3. The second-order valence-electron chi connectivity index (χ2n) is 9.07. The first kappa shape index (κ1) is 20.1. The van der Waals surface area contributed by atoms with E-state index in [-0.39, 0.29) is 22.7 Å². The smallest absolute Gasteiger partial charge is 0.408 e. The highest BCUT2D eigenvalue weighted by Crippen LogP contribution is 2.49. The van der Waals surface area contributed by atoms with E-state index < -0.39 is 11.6 Å². The van der Waals surface area contributed by atoms with E-state index in [0.29, 0.717) is 25.5 Å². The van der Waals surface area contributed by atoms with E-state index in [4.69, 9.17) is 16.3 Å². The Morgan fingerprint density at radius 1 is 1.33 bits per heavy atom. The van der Waals surface area contributed by atoms with Crippen LogP contribution in [0.5, 0.6) is 0 Å². The summed E-state index contributed by atoms with van der Waals surface area (Å²) in [6, 6.07) is 0.162. The maximum absolute atomic E-state index is 12.0. The van der Waals surface area contributed by atoms with E-state index in [1.807, 2.05) is 13.8 Å². The molecule has 150 valence electrons. The van der Waals surface area contributed by atoms with E-state index in [1.165, 1.54) is 4.90 Å². The number of anilines is 1. The van der Waals surface area contributed by atoms with Crippen molar-refractivity contribution in [2.75, 3.05) is 31.2 Å². The Hall–Kier alpha value is -1.60. The number of nitrogens with zero attached hydrogens (tertiary/aromatic N) is 4. The molecule has 2 atom stereocenters. The highest BCUT2D eigenvalue weighted by molar-refractivity contribution is 6.28. The van der Waals surface area contributed by atoms with Gasteiger partial charge in [-0.3, -0.25) is 4.90 Å². The van der Waals surface area contributed by atoms with Gasteiger partial charge in [0.05, 0.1) is 30.5 Å². The van der Waals surface area contributed by atoms with Crippen molar-refractivity contribution in [1.29, 1.82) is 0 Å². The third-order valence-electron chi connectivity index (χ3n) is 5.78. The third kappa shape index (κ3) is 3.47. The van der Waals surface area contributed by atoms with Crippen molar-refractivity contribution in [1.82, 2.24) is 14.9 Å². The first-order valence-corrected chi connectivity index (χ1v) is 9.75. The molecule has 3 heterocycles. The number of halogens is 1. The summed E-state index contributed by atoms with van der Waals surface area (Å²) in [5.41, 5.74) is 0.758. The van der Waals surface area contributed by atoms with Gasteiger partial charge in [-0.25, -0.2) is 14.8 Å². The lowest BCUT2D eigenvalue weighted by molar-refractivity contribution is 0.0597. The maximum atomic E-state index is 12.0. The maximum Gasteiger partial charge on any atom is 0.408 e. The van der Waals surface area contributed by atoms with Crippen molar-refractivity contribution in [3.05, 3.63) is 16.5 Å². The van der Waals surface area contributed by atoms with E-state index >= 15 is 0 Å². The van der Waals surface area contributed by atoms with Gasteiger partial charge in [0, 0.05) is 24.6 Å². The highest BCUT2D eigenvalue weighted by Gasteiger charge is 2.48. The van der Waals surface area contributed by atoms with Crippen LogP contribution < -0.4 is 4.90 Å². The summed E-state index contributed by atoms with van der Waals surface area (Å²) >= 11 is 6.32. The van der Waals surface area contributed by atoms with Crippen LogP contribution in [0.3, 0.4) is 0 Å². The Kier molecular flexibility index (Phi) is 5.06. The molecule has 0 aliphatic carbocycles. The molecule has 0 saturated carbocycles. The molecule has 0 radical (unpaired) electrons. The van der Waals surface area contributed by atoms with Gasteiger partial charge in [0.15, 0.2) is 0 Å². The topological polar surface area (TPSA) is 78.8 Å². The van der Waals surface area contributed by atoms with E-state index in [2.05, 4.69) is 42.6 Å². The Morgan fingerprint density at radius 3 is 2.56 bits per heavy atom. The minimum atomic E-state index is -0.948. The quantitative estimate of drug-likeness (QED) is 0.729. The van der Waals surface area contributed by atoms with Crippen LogP contribution >= 0.6 is 11.6 Å². The molecule has 2 aliphatic heterocycles. The molecular weight excluding hydrogens is 368 g/mol. The van der Waals surface area contributed by atoms with E-state index in [1.54, 1.807) is 0 Å². The molecule has 2 unspecified atom stereocenters. The average molecular weight is 397 g/mol. The van der Waals surface area contributed by atoms with Crippen LogP contribution in [0.1, 0.15) is 58.7 Å². The summed E-state index contributed by atoms with van der Waals surface area (Å²) in [6.07, 6.45) is -0.948. The second kappa shape index (κ2) is 6.78. The van der Waals surface area contributed by atoms with Gasteiger partial charge >= 0.3 is 6.09 Å². The summed E-state index contributed by atoms with van der Waals surface area (Å²) in [5.74, 6) is 0.776. The number of carboxylic acid groups (broad SMARTS) is 1. The molecule has 0 bridgehead atoms. The van der Waals surface area contributed by atoms with Crippen LogP contribution in [0, 0.1) is 5.41 Å². The largest absolute Gasteiger partial charge is 0.465 e. The zero-order valence-corrected chi connectivity index (χ0v) is 17.7. The lowest BCUT2D eigenvalue weighted by atomic mass is 9.70. The van der Waals surface area contributed by atoms with Crippen molar-refractivity contribution in [3.63, 3.8) is 0 Å². The van der Waals surface area contributed by atoms with Crippen molar-refractivity contribution in [2.45, 2.75) is 59.0 Å². The third-order valence-corrected chi connectivity index (χ3v) is 5.95. The summed E-state index contributed by atoms with van der Waals surface area (Å²) < 4.78 is 5.59. The van der Waals surface area contributed by atoms with Crippen LogP contribution in [0.15, 0.2) is 0 Å². The van der Waals surface area contributed by atoms with E-state index in [9.17, 15) is 9.90 Å². The molecule has 1 aromatic rings. The van der Waals surface area contributed by atoms with Crippen LogP contribution in [0.4, 0.5) is 10.6 Å². The van der Waals surface area contributed by atoms with Crippen molar-refractivity contribution >= 4 is 23.5 Å². The fourth-order valence-corrected chi connectivity index (χ4v) is 4.30. The fourth-order valence-electron chi connectivity index (χ4n) is 4.13. The number of rotatable bonds is 1. The van der Waals surface area contributed by atoms with Gasteiger partial charge in [-0.1, -0.05) is 20.8 Å². The van der Waals surface area contributed by atoms with Gasteiger partial charge in [0.2, 0.25) is 5.28 Å². The van der Waals surface area contributed by atoms with Gasteiger partial charge in [-0.05, 0) is 37.8 Å². The number of ether oxygens (including phenoxy) is 1. The Labute approximate surface area is 165 Å². The Bertz CT molecular complexity index is 747. The summed E-state index contributed by atoms with van der Waals surface area (Å²) in [4.78, 5) is 24.8. The van der Waals surface area contributed by atoms with Crippen molar-refractivity contribution in [3.8, 4) is 0 Å². The SMILES string of the molecule is CC1COCCN1c1nc(Cl)nc2c1C(C(C)(C)C)CN(C(=O)O)C2(C)C. The minimum absolute atomic E-state index is 0.0427. The minimum Gasteiger partial charge on any atom is -0.465 e. The summed E-state index contributed by atoms with van der Waals surface area (Å²) in [5, 5.41) is 9.98. The normalized spacial score (nSPS) is 25.3. The Morgan fingerprint density at radius 2 is 2.00 bits per heavy atom. The molecule has 1 N–H and O–H groups in total. The molecule has 8 heteroatoms. The predicted octanol–water partition coefficient (Wildman–Crippen LogP) is 3.71. The molecule has 3 rings (SSSR count). The fraction of sp³-hybridized carbons (Fsp3) is 0.737. The standard InChI is InChI=1S/C19H29ClN4O3/c1-11-10-27-8-7-23(11)15-13-12(18(2,3)4)9-24(17(25)26)19(5,6)14(13)21-16(20)22-15/h11-12H,7-10H2,1-6H3,(H,25,26). The average Bonchev–Trinajstić information content (AvgIpc) is 2.53. The second-order valence-corrected chi connectivity index (χ2v) is 9.40. The van der Waals surface area contributed by atoms with Crippen molar-refractivity contribution in [2.24, 2.45) is 5.41 Å². The number of hydrogen-bond acceptors (Lipinski definition) is 5. The van der Waals surface area contributed by atoms with Crippen LogP contribution in [0.25, 0.3) is 0 Å². The molecule has 7 nitrogen and oxygen atoms in total. The number of hydrogen-bond donors (Lipinski definition) is 1. The molecule has 1 aromatic heterocycles. The molecule has 1 fully saturated rings. The highest BCUT2D eigenvalue weighted by atomic mass is 35.5. The number of carbonyl (C=O) groups is 1. The van der Waals surface area contributed by atoms with Gasteiger partial charge in [0.25, 0.3) is 0 Å². The number of amides is 1. The van der Waals surface area contributed by atoms with Gasteiger partial charge in [0.1, 0.15) is 5.82 Å². The molecule has 27 heavy (non-hydrogen) atoms. The molecule has 1 amide bonds. The lowest BCUT2D eigenvalue weighted by Crippen LogP contribution is -2.54. The van der Waals surface area contributed by atoms with Crippen LogP contribution in [0.2, 0.25) is 5.28 Å². The van der Waals surface area contributed by atoms with Crippen molar-refractivity contribution < 1.29 is 14.6 Å². The Balaban J connectivity index is 2.27. The van der Waals surface area contributed by atoms with Crippen LogP contribution in [-0.2, 0) is 10.3 Å². The zero-order valence-electron chi connectivity index (χ0n) is 16.9. The first-order valence-electron chi connectivity index (χ1n) is 9.37. The first-order chi connectivity index (χ1) is 12.4. The molecule has 0 aromatic carbocycles. The monoisotopic (exact) mass is 396 g/mol. The van der Waals surface area contributed by atoms with Gasteiger partial charge in [-0.15, -0.1) is 0 Å².